The van der Waals surface area contributed by atoms with Crippen LogP contribution in [0.4, 0.5) is 11.4 Å². The van der Waals surface area contributed by atoms with E-state index < -0.39 is 5.97 Å². The molecule has 6 heteroatoms. The van der Waals surface area contributed by atoms with Gasteiger partial charge >= 0.3 is 5.97 Å². The molecular formula is C22H17NO4S. The summed E-state index contributed by atoms with van der Waals surface area (Å²) in [7, 11) is 0. The van der Waals surface area contributed by atoms with Gasteiger partial charge in [-0.3, -0.25) is 9.69 Å². The Morgan fingerprint density at radius 1 is 1.00 bits per heavy atom. The zero-order valence-corrected chi connectivity index (χ0v) is 15.9. The Morgan fingerprint density at radius 2 is 1.64 bits per heavy atom. The first-order valence-electron chi connectivity index (χ1n) is 8.72. The molecule has 2 aromatic carbocycles. The van der Waals surface area contributed by atoms with E-state index in [-0.39, 0.29) is 12.5 Å². The lowest BCUT2D eigenvalue weighted by molar-refractivity contribution is -0.142. The highest BCUT2D eigenvalue weighted by molar-refractivity contribution is 7.99. The SMILES string of the molecule is Cc1ccc(C=CC(=O)OCC(=O)N2c3ccccc3Sc3ccccc32)o1. The lowest BCUT2D eigenvalue weighted by Crippen LogP contribution is -2.32. The van der Waals surface area contributed by atoms with Crippen LogP contribution in [0.25, 0.3) is 6.08 Å². The third kappa shape index (κ3) is 3.73. The number of hydrogen-bond donors (Lipinski definition) is 0. The maximum atomic E-state index is 12.9. The van der Waals surface area contributed by atoms with Crippen molar-refractivity contribution >= 4 is 41.1 Å². The zero-order valence-electron chi connectivity index (χ0n) is 15.1. The van der Waals surface area contributed by atoms with Crippen LogP contribution in [0.15, 0.2) is 80.9 Å². The minimum Gasteiger partial charge on any atom is -0.462 e. The number of hydrogen-bond acceptors (Lipinski definition) is 5. The summed E-state index contributed by atoms with van der Waals surface area (Å²) >= 11 is 1.61. The van der Waals surface area contributed by atoms with Crippen LogP contribution < -0.4 is 4.90 Å². The van der Waals surface area contributed by atoms with Crippen LogP contribution >= 0.6 is 11.8 Å². The van der Waals surface area contributed by atoms with Gasteiger partial charge in [-0.15, -0.1) is 0 Å². The molecule has 0 N–H and O–H groups in total. The van der Waals surface area contributed by atoms with Crippen LogP contribution in [0.5, 0.6) is 0 Å². The Morgan fingerprint density at radius 3 is 2.25 bits per heavy atom. The van der Waals surface area contributed by atoms with Gasteiger partial charge in [-0.2, -0.15) is 0 Å². The van der Waals surface area contributed by atoms with E-state index in [0.29, 0.717) is 5.76 Å². The molecule has 0 bridgehead atoms. The van der Waals surface area contributed by atoms with Crippen LogP contribution in [-0.4, -0.2) is 18.5 Å². The van der Waals surface area contributed by atoms with E-state index in [1.807, 2.05) is 55.5 Å². The predicted molar refractivity (Wildman–Crippen MR) is 108 cm³/mol. The summed E-state index contributed by atoms with van der Waals surface area (Å²) in [6.45, 7) is 1.47. The van der Waals surface area contributed by atoms with Crippen molar-refractivity contribution in [1.82, 2.24) is 0 Å². The number of esters is 1. The Hall–Kier alpha value is -3.25. The smallest absolute Gasteiger partial charge is 0.331 e. The standard InChI is InChI=1S/C22H17NO4S/c1-15-10-11-16(27-15)12-13-22(25)26-14-21(24)23-17-6-2-4-8-19(17)28-20-9-5-3-7-18(20)23/h2-13H,14H2,1H3. The molecule has 3 aromatic rings. The van der Waals surface area contributed by atoms with E-state index in [9.17, 15) is 9.59 Å². The summed E-state index contributed by atoms with van der Waals surface area (Å²) in [6, 6.07) is 18.9. The number of carbonyl (C=O) groups excluding carboxylic acids is 2. The number of benzene rings is 2. The summed E-state index contributed by atoms with van der Waals surface area (Å²) in [5.41, 5.74) is 1.57. The molecule has 1 aliphatic heterocycles. The number of fused-ring (bicyclic) bond motifs is 2. The number of rotatable bonds is 4. The van der Waals surface area contributed by atoms with E-state index in [1.54, 1.807) is 28.8 Å². The zero-order chi connectivity index (χ0) is 19.5. The molecule has 0 atom stereocenters. The van der Waals surface area contributed by atoms with Gasteiger partial charge in [0.1, 0.15) is 11.5 Å². The monoisotopic (exact) mass is 391 g/mol. The summed E-state index contributed by atoms with van der Waals surface area (Å²) < 4.78 is 10.5. The highest BCUT2D eigenvalue weighted by Crippen LogP contribution is 2.47. The number of aryl methyl sites for hydroxylation is 1. The van der Waals surface area contributed by atoms with E-state index in [1.165, 1.54) is 12.2 Å². The molecule has 0 aliphatic carbocycles. The Bertz CT molecular complexity index is 1020. The number of anilines is 2. The molecule has 1 amide bonds. The molecule has 140 valence electrons. The third-order valence-corrected chi connectivity index (χ3v) is 5.29. The van der Waals surface area contributed by atoms with Gasteiger partial charge in [-0.25, -0.2) is 4.79 Å². The van der Waals surface area contributed by atoms with Crippen LogP contribution in [-0.2, 0) is 14.3 Å². The van der Waals surface area contributed by atoms with Gasteiger partial charge in [0.2, 0.25) is 0 Å². The quantitative estimate of drug-likeness (QED) is 0.464. The molecule has 2 heterocycles. The molecule has 28 heavy (non-hydrogen) atoms. The molecule has 4 rings (SSSR count). The van der Waals surface area contributed by atoms with Crippen LogP contribution in [0.3, 0.4) is 0 Å². The summed E-state index contributed by atoms with van der Waals surface area (Å²) in [4.78, 5) is 28.4. The highest BCUT2D eigenvalue weighted by Gasteiger charge is 2.28. The second-order valence-electron chi connectivity index (χ2n) is 6.16. The van der Waals surface area contributed by atoms with Crippen molar-refractivity contribution in [3.05, 3.63) is 78.3 Å². The normalized spacial score (nSPS) is 12.5. The van der Waals surface area contributed by atoms with E-state index >= 15 is 0 Å². The van der Waals surface area contributed by atoms with Crippen molar-refractivity contribution in [3.63, 3.8) is 0 Å². The minimum atomic E-state index is -0.602. The maximum absolute atomic E-state index is 12.9. The first-order chi connectivity index (χ1) is 13.6. The lowest BCUT2D eigenvalue weighted by Gasteiger charge is -2.30. The average molecular weight is 391 g/mol. The van der Waals surface area contributed by atoms with Gasteiger partial charge in [0.25, 0.3) is 5.91 Å². The first-order valence-corrected chi connectivity index (χ1v) is 9.53. The molecule has 5 nitrogen and oxygen atoms in total. The van der Waals surface area contributed by atoms with Crippen molar-refractivity contribution in [2.24, 2.45) is 0 Å². The number of ether oxygens (including phenoxy) is 1. The number of nitrogens with zero attached hydrogens (tertiary/aromatic N) is 1. The molecule has 1 aliphatic rings. The fourth-order valence-corrected chi connectivity index (χ4v) is 3.97. The van der Waals surface area contributed by atoms with Gasteiger partial charge in [0.05, 0.1) is 11.4 Å². The molecule has 0 spiro atoms. The van der Waals surface area contributed by atoms with Crippen molar-refractivity contribution in [2.45, 2.75) is 16.7 Å². The second-order valence-corrected chi connectivity index (χ2v) is 7.24. The molecule has 0 saturated carbocycles. The summed E-state index contributed by atoms with van der Waals surface area (Å²) in [5.74, 6) is 0.395. The van der Waals surface area contributed by atoms with Crippen LogP contribution in [0.1, 0.15) is 11.5 Å². The molecule has 0 saturated heterocycles. The van der Waals surface area contributed by atoms with Crippen LogP contribution in [0, 0.1) is 6.92 Å². The molecule has 1 aromatic heterocycles. The van der Waals surface area contributed by atoms with Gasteiger partial charge in [0.15, 0.2) is 6.61 Å². The van der Waals surface area contributed by atoms with Gasteiger partial charge in [-0.05, 0) is 49.4 Å². The lowest BCUT2D eigenvalue weighted by atomic mass is 10.2. The molecule has 0 radical (unpaired) electrons. The maximum Gasteiger partial charge on any atom is 0.331 e. The first kappa shape index (κ1) is 18.1. The summed E-state index contributed by atoms with van der Waals surface area (Å²) in [6.07, 6.45) is 2.77. The Balaban J connectivity index is 1.49. The third-order valence-electron chi connectivity index (χ3n) is 4.16. The van der Waals surface area contributed by atoms with Crippen molar-refractivity contribution in [2.75, 3.05) is 11.5 Å². The predicted octanol–water partition coefficient (Wildman–Crippen LogP) is 4.97. The largest absolute Gasteiger partial charge is 0.462 e. The van der Waals surface area contributed by atoms with E-state index in [4.69, 9.17) is 9.15 Å². The molecule has 0 unspecified atom stereocenters. The topological polar surface area (TPSA) is 59.8 Å². The number of amides is 1. The highest BCUT2D eigenvalue weighted by atomic mass is 32.2. The van der Waals surface area contributed by atoms with Crippen LogP contribution in [0.2, 0.25) is 0 Å². The summed E-state index contributed by atoms with van der Waals surface area (Å²) in [5, 5.41) is 0. The minimum absolute atomic E-state index is 0.309. The van der Waals surface area contributed by atoms with Gasteiger partial charge in [-0.1, -0.05) is 36.0 Å². The second kappa shape index (κ2) is 7.78. The van der Waals surface area contributed by atoms with E-state index in [2.05, 4.69) is 0 Å². The van der Waals surface area contributed by atoms with Crippen molar-refractivity contribution in [1.29, 1.82) is 0 Å². The Labute approximate surface area is 166 Å². The fraction of sp³-hybridized carbons (Fsp3) is 0.0909. The fourth-order valence-electron chi connectivity index (χ4n) is 2.91. The number of carbonyl (C=O) groups is 2. The van der Waals surface area contributed by atoms with Crippen molar-refractivity contribution in [3.8, 4) is 0 Å². The van der Waals surface area contributed by atoms with Gasteiger partial charge < -0.3 is 9.15 Å². The van der Waals surface area contributed by atoms with Gasteiger partial charge in [0, 0.05) is 15.9 Å². The number of para-hydroxylation sites is 2. The van der Waals surface area contributed by atoms with Crippen molar-refractivity contribution < 1.29 is 18.7 Å². The average Bonchev–Trinajstić information content (AvgIpc) is 3.13. The van der Waals surface area contributed by atoms with E-state index in [0.717, 1.165) is 26.9 Å². The Kier molecular flexibility index (Phi) is 5.04. The molecule has 0 fully saturated rings. The molecular weight excluding hydrogens is 374 g/mol. The number of furan rings is 1.